The second-order valence-electron chi connectivity index (χ2n) is 6.02. The fourth-order valence-electron chi connectivity index (χ4n) is 3.65. The van der Waals surface area contributed by atoms with Crippen molar-refractivity contribution in [1.82, 2.24) is 5.32 Å². The minimum Gasteiger partial charge on any atom is -0.396 e. The lowest BCUT2D eigenvalue weighted by atomic mass is 9.84. The Hall–Kier alpha value is -0.570. The molecule has 0 amide bonds. The van der Waals surface area contributed by atoms with Crippen LogP contribution in [0.25, 0.3) is 0 Å². The Bertz CT molecular complexity index is 448. The predicted molar refractivity (Wildman–Crippen MR) is 78.6 cm³/mol. The van der Waals surface area contributed by atoms with Gasteiger partial charge in [0.15, 0.2) is 0 Å². The van der Waals surface area contributed by atoms with Crippen LogP contribution >= 0.6 is 11.6 Å². The molecule has 0 spiro atoms. The molecule has 3 unspecified atom stereocenters. The lowest BCUT2D eigenvalue weighted by molar-refractivity contribution is 0.146. The number of hydrogen-bond acceptors (Lipinski definition) is 2. The van der Waals surface area contributed by atoms with E-state index in [1.165, 1.54) is 36.8 Å². The van der Waals surface area contributed by atoms with E-state index in [-0.39, 0.29) is 0 Å². The second kappa shape index (κ2) is 5.82. The van der Waals surface area contributed by atoms with Gasteiger partial charge in [0.2, 0.25) is 0 Å². The van der Waals surface area contributed by atoms with Gasteiger partial charge in [0.25, 0.3) is 0 Å². The molecule has 1 aromatic carbocycles. The smallest absolute Gasteiger partial charge is 0.0474 e. The van der Waals surface area contributed by atoms with Gasteiger partial charge in [0.1, 0.15) is 0 Å². The monoisotopic (exact) mass is 279 g/mol. The van der Waals surface area contributed by atoms with Crippen LogP contribution in [-0.2, 0) is 12.8 Å². The van der Waals surface area contributed by atoms with Gasteiger partial charge in [-0.3, -0.25) is 0 Å². The standard InChI is InChI=1S/C16H22ClNO/c17-14-6-5-11-8-15(9-13(11)7-14)18-16-4-2-1-3-12(16)10-19/h5-7,12,15-16,18-19H,1-4,8-10H2. The molecule has 1 aromatic rings. The van der Waals surface area contributed by atoms with E-state index in [4.69, 9.17) is 11.6 Å². The van der Waals surface area contributed by atoms with Gasteiger partial charge in [0.05, 0.1) is 0 Å². The van der Waals surface area contributed by atoms with E-state index in [0.29, 0.717) is 24.6 Å². The molecule has 3 atom stereocenters. The zero-order chi connectivity index (χ0) is 13.2. The Kier molecular flexibility index (Phi) is 4.11. The Balaban J connectivity index is 1.63. The van der Waals surface area contributed by atoms with Crippen molar-refractivity contribution in [2.75, 3.05) is 6.61 Å². The van der Waals surface area contributed by atoms with Crippen molar-refractivity contribution in [3.63, 3.8) is 0 Å². The number of hydrogen-bond donors (Lipinski definition) is 2. The minimum absolute atomic E-state index is 0.323. The molecule has 0 bridgehead atoms. The highest BCUT2D eigenvalue weighted by Gasteiger charge is 2.29. The third kappa shape index (κ3) is 2.96. The molecule has 3 heteroatoms. The molecule has 2 aliphatic rings. The van der Waals surface area contributed by atoms with Gasteiger partial charge in [-0.2, -0.15) is 0 Å². The predicted octanol–water partition coefficient (Wildman–Crippen LogP) is 2.95. The molecule has 3 rings (SSSR count). The molecule has 104 valence electrons. The number of aliphatic hydroxyl groups excluding tert-OH is 1. The number of fused-ring (bicyclic) bond motifs is 1. The fourth-order valence-corrected chi connectivity index (χ4v) is 3.85. The molecule has 0 aromatic heterocycles. The summed E-state index contributed by atoms with van der Waals surface area (Å²) >= 11 is 6.06. The number of benzene rings is 1. The first kappa shape index (κ1) is 13.4. The number of aliphatic hydroxyl groups is 1. The van der Waals surface area contributed by atoms with Crippen molar-refractivity contribution in [1.29, 1.82) is 0 Å². The maximum atomic E-state index is 9.49. The van der Waals surface area contributed by atoms with Gasteiger partial charge < -0.3 is 10.4 Å². The highest BCUT2D eigenvalue weighted by atomic mass is 35.5. The van der Waals surface area contributed by atoms with E-state index in [2.05, 4.69) is 17.4 Å². The maximum absolute atomic E-state index is 9.49. The molecule has 2 aliphatic carbocycles. The average molecular weight is 280 g/mol. The van der Waals surface area contributed by atoms with Crippen LogP contribution in [0.4, 0.5) is 0 Å². The SMILES string of the molecule is OCC1CCCCC1NC1Cc2ccc(Cl)cc2C1. The topological polar surface area (TPSA) is 32.3 Å². The van der Waals surface area contributed by atoms with Crippen LogP contribution in [-0.4, -0.2) is 23.8 Å². The van der Waals surface area contributed by atoms with Crippen molar-refractivity contribution in [3.05, 3.63) is 34.3 Å². The lowest BCUT2D eigenvalue weighted by Gasteiger charge is -2.33. The molecular formula is C16H22ClNO. The highest BCUT2D eigenvalue weighted by molar-refractivity contribution is 6.30. The molecule has 0 radical (unpaired) electrons. The normalized spacial score (nSPS) is 30.3. The summed E-state index contributed by atoms with van der Waals surface area (Å²) in [6.45, 7) is 0.323. The van der Waals surface area contributed by atoms with Crippen LogP contribution < -0.4 is 5.32 Å². The summed E-state index contributed by atoms with van der Waals surface area (Å²) in [6, 6.07) is 7.26. The summed E-state index contributed by atoms with van der Waals surface area (Å²) in [5.41, 5.74) is 2.82. The first-order chi connectivity index (χ1) is 9.26. The number of halogens is 1. The fraction of sp³-hybridized carbons (Fsp3) is 0.625. The Morgan fingerprint density at radius 1 is 1.16 bits per heavy atom. The lowest BCUT2D eigenvalue weighted by Crippen LogP contribution is -2.45. The average Bonchev–Trinajstić information content (AvgIpc) is 2.80. The highest BCUT2D eigenvalue weighted by Crippen LogP contribution is 2.29. The van der Waals surface area contributed by atoms with E-state index in [1.807, 2.05) is 6.07 Å². The Morgan fingerprint density at radius 3 is 2.79 bits per heavy atom. The van der Waals surface area contributed by atoms with Crippen LogP contribution in [0.1, 0.15) is 36.8 Å². The first-order valence-electron chi connectivity index (χ1n) is 7.40. The molecule has 1 saturated carbocycles. The third-order valence-corrected chi connectivity index (χ3v) is 4.93. The summed E-state index contributed by atoms with van der Waals surface area (Å²) in [7, 11) is 0. The van der Waals surface area contributed by atoms with Gasteiger partial charge in [-0.1, -0.05) is 30.5 Å². The van der Waals surface area contributed by atoms with E-state index in [1.54, 1.807) is 0 Å². The molecule has 2 nitrogen and oxygen atoms in total. The van der Waals surface area contributed by atoms with Crippen molar-refractivity contribution < 1.29 is 5.11 Å². The van der Waals surface area contributed by atoms with Crippen molar-refractivity contribution in [3.8, 4) is 0 Å². The van der Waals surface area contributed by atoms with Crippen LogP contribution in [0.3, 0.4) is 0 Å². The van der Waals surface area contributed by atoms with Gasteiger partial charge >= 0.3 is 0 Å². The first-order valence-corrected chi connectivity index (χ1v) is 7.78. The van der Waals surface area contributed by atoms with Crippen LogP contribution in [0.5, 0.6) is 0 Å². The Labute approximate surface area is 120 Å². The molecule has 1 fully saturated rings. The van der Waals surface area contributed by atoms with Gasteiger partial charge in [-0.05, 0) is 54.9 Å². The largest absolute Gasteiger partial charge is 0.396 e. The van der Waals surface area contributed by atoms with Crippen molar-refractivity contribution in [2.24, 2.45) is 5.92 Å². The quantitative estimate of drug-likeness (QED) is 0.892. The summed E-state index contributed by atoms with van der Waals surface area (Å²) in [5.74, 6) is 0.445. The maximum Gasteiger partial charge on any atom is 0.0474 e. The van der Waals surface area contributed by atoms with E-state index in [0.717, 1.165) is 17.9 Å². The zero-order valence-electron chi connectivity index (χ0n) is 11.2. The van der Waals surface area contributed by atoms with Crippen molar-refractivity contribution >= 4 is 11.6 Å². The molecule has 0 saturated heterocycles. The van der Waals surface area contributed by atoms with Crippen LogP contribution in [0.15, 0.2) is 18.2 Å². The molecule has 19 heavy (non-hydrogen) atoms. The summed E-state index contributed by atoms with van der Waals surface area (Å²) in [6.07, 6.45) is 7.10. The summed E-state index contributed by atoms with van der Waals surface area (Å²) < 4.78 is 0. The molecule has 2 N–H and O–H groups in total. The second-order valence-corrected chi connectivity index (χ2v) is 6.45. The molecule has 0 aliphatic heterocycles. The molecular weight excluding hydrogens is 258 g/mol. The van der Waals surface area contributed by atoms with Crippen LogP contribution in [0, 0.1) is 5.92 Å². The van der Waals surface area contributed by atoms with E-state index in [9.17, 15) is 5.11 Å². The number of nitrogens with one attached hydrogen (secondary N) is 1. The van der Waals surface area contributed by atoms with Gasteiger partial charge in [0, 0.05) is 23.7 Å². The van der Waals surface area contributed by atoms with Crippen LogP contribution in [0.2, 0.25) is 5.02 Å². The van der Waals surface area contributed by atoms with E-state index >= 15 is 0 Å². The van der Waals surface area contributed by atoms with Gasteiger partial charge in [-0.25, -0.2) is 0 Å². The van der Waals surface area contributed by atoms with E-state index < -0.39 is 0 Å². The summed E-state index contributed by atoms with van der Waals surface area (Å²) in [5, 5.41) is 14.1. The number of rotatable bonds is 3. The van der Waals surface area contributed by atoms with Crippen molar-refractivity contribution in [2.45, 2.75) is 50.6 Å². The summed E-state index contributed by atoms with van der Waals surface area (Å²) in [4.78, 5) is 0. The third-order valence-electron chi connectivity index (χ3n) is 4.69. The Morgan fingerprint density at radius 2 is 1.95 bits per heavy atom. The van der Waals surface area contributed by atoms with Gasteiger partial charge in [-0.15, -0.1) is 0 Å². The molecule has 0 heterocycles. The zero-order valence-corrected chi connectivity index (χ0v) is 12.0. The minimum atomic E-state index is 0.323.